The van der Waals surface area contributed by atoms with Crippen LogP contribution in [0.2, 0.25) is 0 Å². The Hall–Kier alpha value is -1.99. The Morgan fingerprint density at radius 3 is 2.69 bits per heavy atom. The predicted molar refractivity (Wildman–Crippen MR) is 105 cm³/mol. The van der Waals surface area contributed by atoms with Crippen LogP contribution in [0.1, 0.15) is 35.8 Å². The van der Waals surface area contributed by atoms with Crippen molar-refractivity contribution in [2.75, 3.05) is 31.8 Å². The minimum atomic E-state index is -0.173. The first-order valence-corrected chi connectivity index (χ1v) is 9.39. The van der Waals surface area contributed by atoms with Crippen LogP contribution in [0.25, 0.3) is 0 Å². The van der Waals surface area contributed by atoms with Gasteiger partial charge in [-0.2, -0.15) is 0 Å². The Morgan fingerprint density at radius 2 is 2.04 bits per heavy atom. The monoisotopic (exact) mass is 421 g/mol. The number of carbonyl (C=O) groups is 1. The van der Waals surface area contributed by atoms with Crippen LogP contribution in [0.15, 0.2) is 34.9 Å². The summed E-state index contributed by atoms with van der Waals surface area (Å²) in [6.07, 6.45) is 3.35. The molecule has 0 aliphatic rings. The lowest BCUT2D eigenvalue weighted by atomic mass is 10.2. The average molecular weight is 422 g/mol. The summed E-state index contributed by atoms with van der Waals surface area (Å²) in [5.74, 6) is 0.781. The molecule has 0 N–H and O–H groups in total. The maximum Gasteiger partial charge on any atom is 0.264 e. The summed E-state index contributed by atoms with van der Waals surface area (Å²) in [4.78, 5) is 23.6. The van der Waals surface area contributed by atoms with Gasteiger partial charge >= 0.3 is 0 Å². The fourth-order valence-electron chi connectivity index (χ4n) is 2.45. The summed E-state index contributed by atoms with van der Waals surface area (Å²) in [6, 6.07) is 7.26. The Morgan fingerprint density at radius 1 is 1.23 bits per heavy atom. The topological polar surface area (TPSA) is 64.5 Å². The van der Waals surface area contributed by atoms with E-state index in [1.807, 2.05) is 32.0 Å². The number of hydrogen-bond acceptors (Lipinski definition) is 5. The van der Waals surface area contributed by atoms with Crippen LogP contribution >= 0.6 is 15.9 Å². The van der Waals surface area contributed by atoms with Crippen molar-refractivity contribution in [3.05, 3.63) is 46.2 Å². The van der Waals surface area contributed by atoms with Crippen molar-refractivity contribution in [3.63, 3.8) is 0 Å². The first-order valence-electron chi connectivity index (χ1n) is 8.59. The number of hydrogen-bond donors (Lipinski definition) is 0. The number of carbonyl (C=O) groups excluding carboxylic acids is 1. The molecule has 0 spiro atoms. The van der Waals surface area contributed by atoms with E-state index in [9.17, 15) is 4.79 Å². The molecule has 0 aromatic carbocycles. The Bertz CT molecular complexity index is 722. The number of nitrogens with zero attached hydrogens (tertiary/aromatic N) is 3. The molecule has 7 heteroatoms. The normalized spacial score (nSPS) is 10.6. The van der Waals surface area contributed by atoms with Crippen LogP contribution in [0.4, 0.5) is 5.82 Å². The highest BCUT2D eigenvalue weighted by molar-refractivity contribution is 9.10. The molecule has 0 aliphatic heterocycles. The quantitative estimate of drug-likeness (QED) is 0.572. The van der Waals surface area contributed by atoms with Gasteiger partial charge in [0.2, 0.25) is 5.88 Å². The molecular weight excluding hydrogens is 398 g/mol. The van der Waals surface area contributed by atoms with Gasteiger partial charge in [0.15, 0.2) is 0 Å². The molecule has 2 aromatic heterocycles. The first kappa shape index (κ1) is 20.3. The van der Waals surface area contributed by atoms with Crippen molar-refractivity contribution in [2.24, 2.45) is 0 Å². The van der Waals surface area contributed by atoms with Crippen molar-refractivity contribution >= 4 is 27.7 Å². The van der Waals surface area contributed by atoms with E-state index in [0.717, 1.165) is 23.0 Å². The van der Waals surface area contributed by atoms with E-state index in [4.69, 9.17) is 9.47 Å². The zero-order valence-corrected chi connectivity index (χ0v) is 17.0. The molecule has 140 valence electrons. The zero-order valence-electron chi connectivity index (χ0n) is 15.4. The largest absolute Gasteiger partial charge is 0.477 e. The molecule has 2 aromatic rings. The number of aryl methyl sites for hydroxylation is 1. The number of aromatic nitrogens is 2. The number of halogens is 1. The molecule has 0 radical (unpaired) electrons. The maximum absolute atomic E-state index is 13.2. The number of ether oxygens (including phenoxy) is 2. The standard InChI is InChI=1S/C19H24BrN3O3/c1-4-26-18-16(9-7-14(2)22-18)19(24)23(11-5-6-12-25-3)17-10-8-15(20)13-21-17/h7-10,13H,4-6,11-12H2,1-3H3. The molecule has 0 bridgehead atoms. The van der Waals surface area contributed by atoms with Crippen LogP contribution in [-0.2, 0) is 4.74 Å². The molecule has 6 nitrogen and oxygen atoms in total. The number of amides is 1. The number of methoxy groups -OCH3 is 1. The van der Waals surface area contributed by atoms with Crippen LogP contribution in [0, 0.1) is 6.92 Å². The maximum atomic E-state index is 13.2. The van der Waals surface area contributed by atoms with Gasteiger partial charge in [-0.05, 0) is 66.9 Å². The molecule has 0 saturated heterocycles. The number of pyridine rings is 2. The van der Waals surface area contributed by atoms with E-state index in [-0.39, 0.29) is 5.91 Å². The molecule has 0 unspecified atom stereocenters. The third kappa shape index (κ3) is 5.51. The lowest BCUT2D eigenvalue weighted by Gasteiger charge is -2.23. The minimum absolute atomic E-state index is 0.173. The summed E-state index contributed by atoms with van der Waals surface area (Å²) < 4.78 is 11.5. The van der Waals surface area contributed by atoms with Crippen molar-refractivity contribution in [1.29, 1.82) is 0 Å². The van der Waals surface area contributed by atoms with Crippen LogP contribution in [0.3, 0.4) is 0 Å². The van der Waals surface area contributed by atoms with Gasteiger partial charge in [-0.25, -0.2) is 9.97 Å². The summed E-state index contributed by atoms with van der Waals surface area (Å²) in [5.41, 5.74) is 1.24. The molecule has 2 rings (SSSR count). The second-order valence-corrected chi connectivity index (χ2v) is 6.65. The summed E-state index contributed by atoms with van der Waals surface area (Å²) in [5, 5.41) is 0. The lowest BCUT2D eigenvalue weighted by molar-refractivity contribution is 0.0980. The number of anilines is 1. The van der Waals surface area contributed by atoms with E-state index >= 15 is 0 Å². The second-order valence-electron chi connectivity index (χ2n) is 5.73. The van der Waals surface area contributed by atoms with Crippen LogP contribution in [-0.4, -0.2) is 42.7 Å². The molecular formula is C19H24BrN3O3. The summed E-state index contributed by atoms with van der Waals surface area (Å²) in [7, 11) is 1.67. The molecule has 0 aliphatic carbocycles. The first-order chi connectivity index (χ1) is 12.6. The highest BCUT2D eigenvalue weighted by atomic mass is 79.9. The fraction of sp³-hybridized carbons (Fsp3) is 0.421. The predicted octanol–water partition coefficient (Wildman–Crippen LogP) is 4.02. The number of unbranched alkanes of at least 4 members (excludes halogenated alkanes) is 1. The van der Waals surface area contributed by atoms with E-state index in [2.05, 4.69) is 25.9 Å². The smallest absolute Gasteiger partial charge is 0.264 e. The fourth-order valence-corrected chi connectivity index (χ4v) is 2.69. The van der Waals surface area contributed by atoms with E-state index in [1.165, 1.54) is 0 Å². The molecule has 0 atom stereocenters. The van der Waals surface area contributed by atoms with Gasteiger partial charge in [0.05, 0.1) is 6.61 Å². The SMILES string of the molecule is CCOc1nc(C)ccc1C(=O)N(CCCCOC)c1ccc(Br)cn1. The van der Waals surface area contributed by atoms with Gasteiger partial charge in [-0.15, -0.1) is 0 Å². The van der Waals surface area contributed by atoms with Crippen molar-refractivity contribution in [1.82, 2.24) is 9.97 Å². The summed E-state index contributed by atoms with van der Waals surface area (Å²) >= 11 is 3.38. The van der Waals surface area contributed by atoms with Crippen molar-refractivity contribution < 1.29 is 14.3 Å². The van der Waals surface area contributed by atoms with Gasteiger partial charge < -0.3 is 9.47 Å². The van der Waals surface area contributed by atoms with Crippen LogP contribution in [0.5, 0.6) is 5.88 Å². The Labute approximate surface area is 162 Å². The molecule has 26 heavy (non-hydrogen) atoms. The third-order valence-corrected chi connectivity index (χ3v) is 4.19. The van der Waals surface area contributed by atoms with E-state index in [1.54, 1.807) is 24.3 Å². The Kier molecular flexibility index (Phi) is 8.00. The average Bonchev–Trinajstić information content (AvgIpc) is 2.63. The molecule has 1 amide bonds. The van der Waals surface area contributed by atoms with Gasteiger partial charge in [0.1, 0.15) is 11.4 Å². The highest BCUT2D eigenvalue weighted by Crippen LogP contribution is 2.23. The van der Waals surface area contributed by atoms with E-state index < -0.39 is 0 Å². The summed E-state index contributed by atoms with van der Waals surface area (Å²) in [6.45, 7) is 5.39. The highest BCUT2D eigenvalue weighted by Gasteiger charge is 2.23. The van der Waals surface area contributed by atoms with Gasteiger partial charge in [-0.3, -0.25) is 9.69 Å². The van der Waals surface area contributed by atoms with Gasteiger partial charge in [0, 0.05) is 36.6 Å². The molecule has 0 fully saturated rings. The molecule has 0 saturated carbocycles. The van der Waals surface area contributed by atoms with Gasteiger partial charge in [-0.1, -0.05) is 0 Å². The van der Waals surface area contributed by atoms with Crippen molar-refractivity contribution in [3.8, 4) is 5.88 Å². The van der Waals surface area contributed by atoms with Crippen LogP contribution < -0.4 is 9.64 Å². The lowest BCUT2D eigenvalue weighted by Crippen LogP contribution is -2.33. The third-order valence-electron chi connectivity index (χ3n) is 3.72. The number of rotatable bonds is 9. The van der Waals surface area contributed by atoms with Crippen molar-refractivity contribution in [2.45, 2.75) is 26.7 Å². The minimum Gasteiger partial charge on any atom is -0.477 e. The molecule has 2 heterocycles. The van der Waals surface area contributed by atoms with E-state index in [0.29, 0.717) is 37.0 Å². The van der Waals surface area contributed by atoms with Gasteiger partial charge in [0.25, 0.3) is 5.91 Å². The second kappa shape index (κ2) is 10.2. The zero-order chi connectivity index (χ0) is 18.9. The Balaban J connectivity index is 2.31.